The first kappa shape index (κ1) is 16.1. The number of aromatic nitrogens is 1. The summed E-state index contributed by atoms with van der Waals surface area (Å²) in [6.45, 7) is -0.100. The van der Waals surface area contributed by atoms with E-state index in [2.05, 4.69) is 10.6 Å². The molecule has 0 radical (unpaired) electrons. The summed E-state index contributed by atoms with van der Waals surface area (Å²) in [5.41, 5.74) is 2.92. The van der Waals surface area contributed by atoms with Crippen LogP contribution in [-0.2, 0) is 29.5 Å². The smallest absolute Gasteiger partial charge is 0.250 e. The van der Waals surface area contributed by atoms with Gasteiger partial charge in [0.2, 0.25) is 11.8 Å². The van der Waals surface area contributed by atoms with Crippen molar-refractivity contribution in [3.8, 4) is 0 Å². The number of hydrogen-bond acceptors (Lipinski definition) is 3. The van der Waals surface area contributed by atoms with Gasteiger partial charge in [0.05, 0.1) is 27.7 Å². The summed E-state index contributed by atoms with van der Waals surface area (Å²) >= 11 is 12.5. The molecular formula is C15H15Cl2N3O3. The van der Waals surface area contributed by atoms with Crippen LogP contribution in [0, 0.1) is 0 Å². The number of aliphatic hydroxyl groups is 1. The molecule has 2 heterocycles. The molecule has 0 saturated heterocycles. The van der Waals surface area contributed by atoms with Crippen LogP contribution in [0.3, 0.4) is 0 Å². The molecular weight excluding hydrogens is 341 g/mol. The third kappa shape index (κ3) is 2.67. The highest BCUT2D eigenvalue weighted by Crippen LogP contribution is 2.41. The molecule has 8 heteroatoms. The second kappa shape index (κ2) is 6.03. The van der Waals surface area contributed by atoms with Crippen molar-refractivity contribution in [2.24, 2.45) is 7.05 Å². The fraction of sp³-hybridized carbons (Fsp3) is 0.333. The zero-order valence-electron chi connectivity index (χ0n) is 12.4. The van der Waals surface area contributed by atoms with Gasteiger partial charge in [0.1, 0.15) is 6.61 Å². The lowest BCUT2D eigenvalue weighted by atomic mass is 10.0. The molecule has 1 aliphatic rings. The van der Waals surface area contributed by atoms with E-state index in [4.69, 9.17) is 28.3 Å². The Bertz CT molecular complexity index is 829. The molecule has 0 aliphatic carbocycles. The van der Waals surface area contributed by atoms with Crippen molar-refractivity contribution in [2.45, 2.75) is 12.8 Å². The monoisotopic (exact) mass is 355 g/mol. The van der Waals surface area contributed by atoms with Crippen molar-refractivity contribution in [2.75, 3.05) is 18.5 Å². The number of anilines is 1. The number of halogens is 2. The zero-order chi connectivity index (χ0) is 16.7. The molecule has 2 amide bonds. The number of carbonyl (C=O) groups is 2. The average Bonchev–Trinajstić information content (AvgIpc) is 2.67. The third-order valence-corrected chi connectivity index (χ3v) is 4.80. The molecule has 1 aromatic carbocycles. The zero-order valence-corrected chi connectivity index (χ0v) is 13.9. The Kier molecular flexibility index (Phi) is 4.23. The van der Waals surface area contributed by atoms with Gasteiger partial charge in [-0.3, -0.25) is 9.59 Å². The first-order valence-electron chi connectivity index (χ1n) is 7.09. The second-order valence-electron chi connectivity index (χ2n) is 5.41. The first-order valence-corrected chi connectivity index (χ1v) is 7.85. The second-order valence-corrected chi connectivity index (χ2v) is 6.20. The largest absolute Gasteiger partial charge is 0.387 e. The predicted molar refractivity (Wildman–Crippen MR) is 89.1 cm³/mol. The topological polar surface area (TPSA) is 83.4 Å². The number of aryl methyl sites for hydroxylation is 1. The Hall–Kier alpha value is -1.76. The Balaban J connectivity index is 2.34. The highest BCUT2D eigenvalue weighted by molar-refractivity contribution is 6.46. The summed E-state index contributed by atoms with van der Waals surface area (Å²) in [5, 5.41) is 15.8. The predicted octanol–water partition coefficient (Wildman–Crippen LogP) is 1.63. The van der Waals surface area contributed by atoms with Crippen LogP contribution < -0.4 is 10.6 Å². The van der Waals surface area contributed by atoms with E-state index in [9.17, 15) is 9.59 Å². The molecule has 3 rings (SSSR count). The Morgan fingerprint density at radius 1 is 1.48 bits per heavy atom. The Labute approximate surface area is 142 Å². The van der Waals surface area contributed by atoms with Crippen molar-refractivity contribution < 1.29 is 14.7 Å². The molecule has 6 nitrogen and oxygen atoms in total. The van der Waals surface area contributed by atoms with E-state index in [-0.39, 0.29) is 12.3 Å². The fourth-order valence-electron chi connectivity index (χ4n) is 3.06. The summed E-state index contributed by atoms with van der Waals surface area (Å²) in [6.07, 6.45) is 0.861. The maximum absolute atomic E-state index is 11.9. The quantitative estimate of drug-likeness (QED) is 0.765. The minimum Gasteiger partial charge on any atom is -0.387 e. The van der Waals surface area contributed by atoms with Crippen molar-refractivity contribution in [1.82, 2.24) is 9.88 Å². The van der Waals surface area contributed by atoms with E-state index >= 15 is 0 Å². The molecule has 122 valence electrons. The summed E-state index contributed by atoms with van der Waals surface area (Å²) in [7, 11) is 1.86. The molecule has 1 aliphatic heterocycles. The van der Waals surface area contributed by atoms with Gasteiger partial charge in [-0.05, 0) is 11.6 Å². The maximum Gasteiger partial charge on any atom is 0.250 e. The molecule has 0 atom stereocenters. The van der Waals surface area contributed by atoms with Crippen LogP contribution in [0.25, 0.3) is 10.9 Å². The molecule has 3 N–H and O–H groups in total. The molecule has 2 aromatic rings. The van der Waals surface area contributed by atoms with Gasteiger partial charge in [-0.15, -0.1) is 0 Å². The van der Waals surface area contributed by atoms with Gasteiger partial charge in [0.25, 0.3) is 0 Å². The molecule has 1 aromatic heterocycles. The maximum atomic E-state index is 11.9. The summed E-state index contributed by atoms with van der Waals surface area (Å²) < 4.78 is 1.91. The van der Waals surface area contributed by atoms with Crippen molar-refractivity contribution in [3.05, 3.63) is 27.4 Å². The summed E-state index contributed by atoms with van der Waals surface area (Å²) in [4.78, 5) is 23.5. The number of nitrogens with one attached hydrogen (secondary N) is 2. The summed E-state index contributed by atoms with van der Waals surface area (Å²) in [6, 6.07) is 1.54. The van der Waals surface area contributed by atoms with Crippen molar-refractivity contribution in [1.29, 1.82) is 0 Å². The average molecular weight is 356 g/mol. The number of amides is 2. The van der Waals surface area contributed by atoms with E-state index in [0.29, 0.717) is 39.6 Å². The molecule has 23 heavy (non-hydrogen) atoms. The van der Waals surface area contributed by atoms with Gasteiger partial charge in [-0.2, -0.15) is 0 Å². The van der Waals surface area contributed by atoms with Gasteiger partial charge in [0, 0.05) is 31.1 Å². The van der Waals surface area contributed by atoms with E-state index in [1.807, 2.05) is 11.6 Å². The Morgan fingerprint density at radius 2 is 2.22 bits per heavy atom. The van der Waals surface area contributed by atoms with Crippen LogP contribution in [0.2, 0.25) is 10.0 Å². The number of benzene rings is 1. The minimum atomic E-state index is -0.642. The van der Waals surface area contributed by atoms with E-state index < -0.39 is 12.5 Å². The van der Waals surface area contributed by atoms with Crippen LogP contribution in [0.4, 0.5) is 5.69 Å². The number of aliphatic hydroxyl groups excluding tert-OH is 1. The molecule has 0 bridgehead atoms. The fourth-order valence-corrected chi connectivity index (χ4v) is 3.53. The van der Waals surface area contributed by atoms with Crippen LogP contribution in [0.15, 0.2) is 6.07 Å². The lowest BCUT2D eigenvalue weighted by Gasteiger charge is -2.10. The number of hydrogen-bond donors (Lipinski definition) is 3. The van der Waals surface area contributed by atoms with Crippen molar-refractivity contribution in [3.63, 3.8) is 0 Å². The van der Waals surface area contributed by atoms with E-state index in [0.717, 1.165) is 11.3 Å². The highest BCUT2D eigenvalue weighted by Gasteiger charge is 2.25. The highest BCUT2D eigenvalue weighted by atomic mass is 35.5. The Morgan fingerprint density at radius 3 is 2.91 bits per heavy atom. The van der Waals surface area contributed by atoms with Gasteiger partial charge >= 0.3 is 0 Å². The van der Waals surface area contributed by atoms with Gasteiger partial charge in [-0.1, -0.05) is 23.2 Å². The lowest BCUT2D eigenvalue weighted by molar-refractivity contribution is -0.120. The standard InChI is InChI=1S/C15H15Cl2N3O3/c1-20-10-2-3-18-11(22)4-7(10)13-9(19-12(23)6-21)5-8(16)14(17)15(13)20/h5,21H,2-4,6H2,1H3,(H,18,22)(H,19,23). The third-order valence-electron chi connectivity index (χ3n) is 4.02. The number of carbonyl (C=O) groups excluding carboxylic acids is 2. The van der Waals surface area contributed by atoms with Gasteiger partial charge in [0.15, 0.2) is 0 Å². The van der Waals surface area contributed by atoms with E-state index in [1.54, 1.807) is 6.07 Å². The van der Waals surface area contributed by atoms with Crippen molar-refractivity contribution >= 4 is 51.6 Å². The minimum absolute atomic E-state index is 0.0817. The van der Waals surface area contributed by atoms with Gasteiger partial charge < -0.3 is 20.3 Å². The SMILES string of the molecule is Cn1c2c(c3c(NC(=O)CO)cc(Cl)c(Cl)c31)CC(=O)NCC2. The lowest BCUT2D eigenvalue weighted by Crippen LogP contribution is -2.24. The first-order chi connectivity index (χ1) is 10.9. The van der Waals surface area contributed by atoms with E-state index in [1.165, 1.54) is 0 Å². The molecule has 0 fully saturated rings. The van der Waals surface area contributed by atoms with Crippen LogP contribution in [0.1, 0.15) is 11.3 Å². The normalized spacial score (nSPS) is 14.3. The van der Waals surface area contributed by atoms with Crippen LogP contribution in [-0.4, -0.2) is 34.6 Å². The number of nitrogens with zero attached hydrogens (tertiary/aromatic N) is 1. The molecule has 0 saturated carbocycles. The van der Waals surface area contributed by atoms with Crippen LogP contribution >= 0.6 is 23.2 Å². The number of rotatable bonds is 2. The van der Waals surface area contributed by atoms with Gasteiger partial charge in [-0.25, -0.2) is 0 Å². The molecule has 0 spiro atoms. The van der Waals surface area contributed by atoms with Crippen LogP contribution in [0.5, 0.6) is 0 Å². The molecule has 0 unspecified atom stereocenters. The number of fused-ring (bicyclic) bond motifs is 3. The summed E-state index contributed by atoms with van der Waals surface area (Å²) in [5.74, 6) is -0.637.